The number of benzene rings is 3. The van der Waals surface area contributed by atoms with Crippen molar-refractivity contribution in [3.05, 3.63) is 82.7 Å². The van der Waals surface area contributed by atoms with Gasteiger partial charge in [-0.25, -0.2) is 13.2 Å². The molecule has 3 heteroatoms. The van der Waals surface area contributed by atoms with Crippen LogP contribution in [0.15, 0.2) is 54.6 Å². The molecule has 0 aliphatic carbocycles. The highest BCUT2D eigenvalue weighted by molar-refractivity contribution is 5.91. The molecule has 0 N–H and O–H groups in total. The summed E-state index contributed by atoms with van der Waals surface area (Å²) in [5.74, 6) is -2.95. The number of hydrogen-bond acceptors (Lipinski definition) is 0. The fourth-order valence-electron chi connectivity index (χ4n) is 3.08. The zero-order valence-corrected chi connectivity index (χ0v) is 15.0. The predicted molar refractivity (Wildman–Crippen MR) is 103 cm³/mol. The van der Waals surface area contributed by atoms with Crippen molar-refractivity contribution >= 4 is 22.4 Å². The van der Waals surface area contributed by atoms with Gasteiger partial charge in [-0.1, -0.05) is 68.8 Å². The molecule has 0 spiro atoms. The molecule has 3 aromatic rings. The Bertz CT molecular complexity index is 953. The van der Waals surface area contributed by atoms with E-state index in [1.807, 2.05) is 13.0 Å². The topological polar surface area (TPSA) is 0 Å². The zero-order chi connectivity index (χ0) is 18.7. The van der Waals surface area contributed by atoms with Gasteiger partial charge in [0.05, 0.1) is 0 Å². The molecule has 3 rings (SSSR count). The standard InChI is InChI=1S/C23H21F3/c1-3-5-16-6-9-17(10-7-16)21(24)23(26)20-13-11-18-14-15(4-2)8-12-19(18)22(20)25/h6-14H,3-5H2,1-2H3. The van der Waals surface area contributed by atoms with Gasteiger partial charge >= 0.3 is 0 Å². The zero-order valence-electron chi connectivity index (χ0n) is 15.0. The molecular formula is C23H21F3. The van der Waals surface area contributed by atoms with Crippen LogP contribution in [-0.4, -0.2) is 0 Å². The van der Waals surface area contributed by atoms with Crippen molar-refractivity contribution in [2.75, 3.05) is 0 Å². The van der Waals surface area contributed by atoms with Gasteiger partial charge in [-0.05, 0) is 35.4 Å². The Balaban J connectivity index is 2.03. The summed E-state index contributed by atoms with van der Waals surface area (Å²) in [6.45, 7) is 4.06. The van der Waals surface area contributed by atoms with Gasteiger partial charge in [-0.3, -0.25) is 0 Å². The Kier molecular flexibility index (Phi) is 5.46. The Morgan fingerprint density at radius 2 is 1.50 bits per heavy atom. The highest BCUT2D eigenvalue weighted by Crippen LogP contribution is 2.33. The van der Waals surface area contributed by atoms with Gasteiger partial charge in [0.1, 0.15) is 5.82 Å². The Morgan fingerprint density at radius 3 is 2.15 bits per heavy atom. The third-order valence-corrected chi connectivity index (χ3v) is 4.60. The van der Waals surface area contributed by atoms with Crippen molar-refractivity contribution in [3.8, 4) is 0 Å². The van der Waals surface area contributed by atoms with Gasteiger partial charge in [0, 0.05) is 16.5 Å². The molecule has 0 bridgehead atoms. The summed E-state index contributed by atoms with van der Waals surface area (Å²) in [4.78, 5) is 0. The molecule has 0 atom stereocenters. The minimum atomic E-state index is -1.17. The van der Waals surface area contributed by atoms with Crippen LogP contribution in [0.4, 0.5) is 13.2 Å². The van der Waals surface area contributed by atoms with Crippen molar-refractivity contribution in [3.63, 3.8) is 0 Å². The third kappa shape index (κ3) is 3.52. The van der Waals surface area contributed by atoms with Crippen molar-refractivity contribution in [2.45, 2.75) is 33.1 Å². The third-order valence-electron chi connectivity index (χ3n) is 4.60. The van der Waals surface area contributed by atoms with Crippen molar-refractivity contribution in [1.29, 1.82) is 0 Å². The van der Waals surface area contributed by atoms with Crippen molar-refractivity contribution in [1.82, 2.24) is 0 Å². The molecule has 0 unspecified atom stereocenters. The van der Waals surface area contributed by atoms with Crippen molar-refractivity contribution < 1.29 is 13.2 Å². The molecule has 0 amide bonds. The average Bonchev–Trinajstić information content (AvgIpc) is 2.67. The van der Waals surface area contributed by atoms with Gasteiger partial charge in [-0.2, -0.15) is 0 Å². The highest BCUT2D eigenvalue weighted by Gasteiger charge is 2.17. The van der Waals surface area contributed by atoms with E-state index in [0.717, 1.165) is 30.4 Å². The first-order chi connectivity index (χ1) is 12.5. The second kappa shape index (κ2) is 7.77. The molecule has 0 fully saturated rings. The van der Waals surface area contributed by atoms with E-state index in [1.165, 1.54) is 18.2 Å². The first-order valence-electron chi connectivity index (χ1n) is 8.91. The number of aryl methyl sites for hydroxylation is 2. The van der Waals surface area contributed by atoms with E-state index in [1.54, 1.807) is 30.3 Å². The monoisotopic (exact) mass is 354 g/mol. The largest absolute Gasteiger partial charge is 0.206 e. The van der Waals surface area contributed by atoms with E-state index in [0.29, 0.717) is 10.8 Å². The second-order valence-corrected chi connectivity index (χ2v) is 6.41. The van der Waals surface area contributed by atoms with Crippen LogP contribution in [0.1, 0.15) is 42.5 Å². The molecule has 0 aliphatic rings. The molecule has 26 heavy (non-hydrogen) atoms. The van der Waals surface area contributed by atoms with Gasteiger partial charge in [0.15, 0.2) is 11.7 Å². The second-order valence-electron chi connectivity index (χ2n) is 6.41. The summed E-state index contributed by atoms with van der Waals surface area (Å²) < 4.78 is 44.0. The Hall–Kier alpha value is -2.55. The van der Waals surface area contributed by atoms with E-state index in [2.05, 4.69) is 6.92 Å². The normalized spacial score (nSPS) is 12.3. The smallest absolute Gasteiger partial charge is 0.169 e. The first-order valence-corrected chi connectivity index (χ1v) is 8.91. The Morgan fingerprint density at radius 1 is 0.808 bits per heavy atom. The van der Waals surface area contributed by atoms with E-state index >= 15 is 0 Å². The average molecular weight is 354 g/mol. The SMILES string of the molecule is CCCc1ccc(C(F)=C(F)c2ccc3cc(CC)ccc3c2F)cc1. The molecule has 0 radical (unpaired) electrons. The molecule has 0 nitrogen and oxygen atoms in total. The fraction of sp³-hybridized carbons (Fsp3) is 0.217. The lowest BCUT2D eigenvalue weighted by Crippen LogP contribution is -1.92. The lowest BCUT2D eigenvalue weighted by atomic mass is 10.0. The van der Waals surface area contributed by atoms with Crippen LogP contribution < -0.4 is 0 Å². The minimum Gasteiger partial charge on any atom is -0.206 e. The van der Waals surface area contributed by atoms with Gasteiger partial charge < -0.3 is 0 Å². The van der Waals surface area contributed by atoms with Crippen LogP contribution >= 0.6 is 0 Å². The van der Waals surface area contributed by atoms with Gasteiger partial charge in [0.25, 0.3) is 0 Å². The molecule has 134 valence electrons. The summed E-state index contributed by atoms with van der Waals surface area (Å²) >= 11 is 0. The van der Waals surface area contributed by atoms with E-state index in [-0.39, 0.29) is 11.1 Å². The lowest BCUT2D eigenvalue weighted by Gasteiger charge is -2.08. The maximum absolute atomic E-state index is 14.8. The summed E-state index contributed by atoms with van der Waals surface area (Å²) in [6.07, 6.45) is 2.69. The number of rotatable bonds is 5. The molecule has 0 aliphatic heterocycles. The van der Waals surface area contributed by atoms with Crippen LogP contribution in [0.5, 0.6) is 0 Å². The van der Waals surface area contributed by atoms with E-state index < -0.39 is 17.5 Å². The maximum atomic E-state index is 14.8. The highest BCUT2D eigenvalue weighted by atomic mass is 19.2. The Labute approximate surface area is 152 Å². The van der Waals surface area contributed by atoms with Crippen LogP contribution in [0, 0.1) is 5.82 Å². The summed E-state index contributed by atoms with van der Waals surface area (Å²) in [5, 5.41) is 0.976. The molecule has 0 saturated heterocycles. The van der Waals surface area contributed by atoms with Crippen LogP contribution in [0.2, 0.25) is 0 Å². The first kappa shape index (κ1) is 18.2. The quantitative estimate of drug-likeness (QED) is 0.423. The molecular weight excluding hydrogens is 333 g/mol. The number of halogens is 3. The summed E-state index contributed by atoms with van der Waals surface area (Å²) in [7, 11) is 0. The van der Waals surface area contributed by atoms with Crippen LogP contribution in [0.25, 0.3) is 22.4 Å². The molecule has 0 saturated carbocycles. The fourth-order valence-corrected chi connectivity index (χ4v) is 3.08. The van der Waals surface area contributed by atoms with Gasteiger partial charge in [0.2, 0.25) is 0 Å². The number of hydrogen-bond donors (Lipinski definition) is 0. The minimum absolute atomic E-state index is 0.114. The van der Waals surface area contributed by atoms with Crippen molar-refractivity contribution in [2.24, 2.45) is 0 Å². The summed E-state index contributed by atoms with van der Waals surface area (Å²) in [6, 6.07) is 14.8. The van der Waals surface area contributed by atoms with Crippen LogP contribution in [-0.2, 0) is 12.8 Å². The van der Waals surface area contributed by atoms with E-state index in [4.69, 9.17) is 0 Å². The lowest BCUT2D eigenvalue weighted by molar-refractivity contribution is 0.622. The number of fused-ring (bicyclic) bond motifs is 1. The summed E-state index contributed by atoms with van der Waals surface area (Å²) in [5.41, 5.74) is 1.90. The molecule has 3 aromatic carbocycles. The molecule has 0 aromatic heterocycles. The van der Waals surface area contributed by atoms with Gasteiger partial charge in [-0.15, -0.1) is 0 Å². The van der Waals surface area contributed by atoms with Crippen LogP contribution in [0.3, 0.4) is 0 Å². The molecule has 0 heterocycles. The predicted octanol–water partition coefficient (Wildman–Crippen LogP) is 7.26. The van der Waals surface area contributed by atoms with E-state index in [9.17, 15) is 13.2 Å². The maximum Gasteiger partial charge on any atom is 0.169 e.